The van der Waals surface area contributed by atoms with E-state index in [1.807, 2.05) is 18.2 Å². The molecule has 4 nitrogen and oxygen atoms in total. The van der Waals surface area contributed by atoms with Crippen molar-refractivity contribution in [1.29, 1.82) is 0 Å². The van der Waals surface area contributed by atoms with E-state index < -0.39 is 0 Å². The Labute approximate surface area is 130 Å². The first-order valence-corrected chi connectivity index (χ1v) is 7.40. The number of fused-ring (bicyclic) bond motifs is 1. The zero-order chi connectivity index (χ0) is 14.1. The summed E-state index contributed by atoms with van der Waals surface area (Å²) in [6, 6.07) is 7.26. The largest absolute Gasteiger partial charge is 0.486 e. The Morgan fingerprint density at radius 1 is 1.05 bits per heavy atom. The van der Waals surface area contributed by atoms with Crippen LogP contribution in [0.2, 0.25) is 10.0 Å². The molecule has 2 heterocycles. The van der Waals surface area contributed by atoms with Gasteiger partial charge in [0.25, 0.3) is 0 Å². The number of anilines is 1. The predicted octanol–water partition coefficient (Wildman–Crippen LogP) is 3.89. The lowest BCUT2D eigenvalue weighted by atomic mass is 10.3. The number of hydrogen-bond acceptors (Lipinski definition) is 5. The smallest absolute Gasteiger partial charge is 0.162 e. The number of rotatable bonds is 2. The molecular formula is C13H10Cl2N2O2S. The van der Waals surface area contributed by atoms with Gasteiger partial charge in [0.2, 0.25) is 0 Å². The van der Waals surface area contributed by atoms with Crippen LogP contribution in [-0.4, -0.2) is 18.2 Å². The highest BCUT2D eigenvalue weighted by molar-refractivity contribution is 7.99. The van der Waals surface area contributed by atoms with Gasteiger partial charge in [-0.2, -0.15) is 0 Å². The van der Waals surface area contributed by atoms with E-state index in [0.717, 1.165) is 16.4 Å². The summed E-state index contributed by atoms with van der Waals surface area (Å²) in [7, 11) is 0. The van der Waals surface area contributed by atoms with Crippen molar-refractivity contribution in [3.05, 3.63) is 34.3 Å². The fourth-order valence-corrected chi connectivity index (χ4v) is 3.03. The van der Waals surface area contributed by atoms with Crippen LogP contribution in [0.25, 0.3) is 0 Å². The van der Waals surface area contributed by atoms with Gasteiger partial charge >= 0.3 is 0 Å². The van der Waals surface area contributed by atoms with Crippen molar-refractivity contribution in [3.63, 3.8) is 0 Å². The van der Waals surface area contributed by atoms with E-state index in [-0.39, 0.29) is 5.82 Å². The van der Waals surface area contributed by atoms with Crippen LogP contribution in [0.5, 0.6) is 11.5 Å². The van der Waals surface area contributed by atoms with Crippen LogP contribution in [0, 0.1) is 0 Å². The SMILES string of the molecule is Nc1nc(Sc2ccc3c(c2)OCCO3)c(Cl)cc1Cl. The molecule has 0 bridgehead atoms. The number of pyridine rings is 1. The van der Waals surface area contributed by atoms with Crippen molar-refractivity contribution in [2.45, 2.75) is 9.92 Å². The normalized spacial score (nSPS) is 13.3. The molecule has 7 heteroatoms. The molecular weight excluding hydrogens is 319 g/mol. The average Bonchev–Trinajstić information content (AvgIpc) is 2.44. The molecule has 3 rings (SSSR count). The van der Waals surface area contributed by atoms with Gasteiger partial charge in [-0.1, -0.05) is 35.0 Å². The molecule has 0 spiro atoms. The summed E-state index contributed by atoms with van der Waals surface area (Å²) in [4.78, 5) is 5.12. The van der Waals surface area contributed by atoms with Crippen LogP contribution in [-0.2, 0) is 0 Å². The first kappa shape index (κ1) is 13.7. The molecule has 20 heavy (non-hydrogen) atoms. The maximum atomic E-state index is 6.12. The van der Waals surface area contributed by atoms with E-state index >= 15 is 0 Å². The second-order valence-electron chi connectivity index (χ2n) is 4.05. The number of nitrogens with zero attached hydrogens (tertiary/aromatic N) is 1. The highest BCUT2D eigenvalue weighted by Crippen LogP contribution is 2.39. The summed E-state index contributed by atoms with van der Waals surface area (Å²) < 4.78 is 11.0. The van der Waals surface area contributed by atoms with Crippen molar-refractivity contribution in [1.82, 2.24) is 4.98 Å². The predicted molar refractivity (Wildman–Crippen MR) is 80.2 cm³/mol. The second kappa shape index (κ2) is 5.60. The molecule has 2 aromatic rings. The van der Waals surface area contributed by atoms with E-state index in [0.29, 0.717) is 28.3 Å². The molecule has 104 valence electrons. The first-order valence-electron chi connectivity index (χ1n) is 5.82. The third-order valence-electron chi connectivity index (χ3n) is 2.65. The lowest BCUT2D eigenvalue weighted by Crippen LogP contribution is -2.15. The molecule has 0 fully saturated rings. The molecule has 1 aliphatic rings. The molecule has 1 aromatic carbocycles. The molecule has 0 saturated carbocycles. The summed E-state index contributed by atoms with van der Waals surface area (Å²) in [6.45, 7) is 1.12. The Balaban J connectivity index is 1.89. The van der Waals surface area contributed by atoms with Crippen LogP contribution < -0.4 is 15.2 Å². The first-order chi connectivity index (χ1) is 9.63. The molecule has 0 aliphatic carbocycles. The minimum Gasteiger partial charge on any atom is -0.486 e. The zero-order valence-corrected chi connectivity index (χ0v) is 12.6. The Bertz CT molecular complexity index is 667. The maximum Gasteiger partial charge on any atom is 0.162 e. The lowest BCUT2D eigenvalue weighted by molar-refractivity contribution is 0.171. The van der Waals surface area contributed by atoms with Crippen LogP contribution in [0.1, 0.15) is 0 Å². The van der Waals surface area contributed by atoms with Gasteiger partial charge in [0.15, 0.2) is 11.5 Å². The summed E-state index contributed by atoms with van der Waals surface area (Å²) in [5.74, 6) is 1.73. The van der Waals surface area contributed by atoms with Crippen LogP contribution in [0.4, 0.5) is 5.82 Å². The number of benzene rings is 1. The Kier molecular flexibility index (Phi) is 3.83. The molecule has 0 saturated heterocycles. The number of halogens is 2. The number of hydrogen-bond donors (Lipinski definition) is 1. The molecule has 1 aliphatic heterocycles. The number of nitrogens with two attached hydrogens (primary N) is 1. The third-order valence-corrected chi connectivity index (χ3v) is 4.35. The van der Waals surface area contributed by atoms with Gasteiger partial charge in [-0.15, -0.1) is 0 Å². The summed E-state index contributed by atoms with van der Waals surface area (Å²) >= 11 is 13.4. The third kappa shape index (κ3) is 2.75. The van der Waals surface area contributed by atoms with E-state index in [1.54, 1.807) is 6.07 Å². The van der Waals surface area contributed by atoms with Crippen molar-refractivity contribution < 1.29 is 9.47 Å². The molecule has 0 amide bonds. The van der Waals surface area contributed by atoms with Crippen LogP contribution in [0.15, 0.2) is 34.2 Å². The van der Waals surface area contributed by atoms with Crippen molar-refractivity contribution in [2.75, 3.05) is 18.9 Å². The Morgan fingerprint density at radius 3 is 2.60 bits per heavy atom. The number of ether oxygens (including phenoxy) is 2. The quantitative estimate of drug-likeness (QED) is 0.906. The summed E-state index contributed by atoms with van der Waals surface area (Å²) in [5.41, 5.74) is 5.69. The van der Waals surface area contributed by atoms with Gasteiger partial charge in [-0.05, 0) is 24.3 Å². The molecule has 0 atom stereocenters. The molecule has 2 N–H and O–H groups in total. The van der Waals surface area contributed by atoms with Crippen LogP contribution >= 0.6 is 35.0 Å². The maximum absolute atomic E-state index is 6.12. The van der Waals surface area contributed by atoms with Gasteiger partial charge < -0.3 is 15.2 Å². The van der Waals surface area contributed by atoms with Crippen molar-refractivity contribution in [3.8, 4) is 11.5 Å². The van der Waals surface area contributed by atoms with Crippen molar-refractivity contribution >= 4 is 40.8 Å². The number of aromatic nitrogens is 1. The Hall–Kier alpha value is -1.30. The lowest BCUT2D eigenvalue weighted by Gasteiger charge is -2.18. The van der Waals surface area contributed by atoms with Gasteiger partial charge in [-0.25, -0.2) is 4.98 Å². The molecule has 0 unspecified atom stereocenters. The monoisotopic (exact) mass is 328 g/mol. The molecule has 0 radical (unpaired) electrons. The Morgan fingerprint density at radius 2 is 1.80 bits per heavy atom. The van der Waals surface area contributed by atoms with Gasteiger partial charge in [0.1, 0.15) is 24.1 Å². The standard InChI is InChI=1S/C13H10Cl2N2O2S/c14-8-6-9(15)13(17-12(8)16)20-7-1-2-10-11(5-7)19-4-3-18-10/h1-2,5-6H,3-4H2,(H2,16,17). The summed E-state index contributed by atoms with van der Waals surface area (Å²) in [5, 5.41) is 1.41. The van der Waals surface area contributed by atoms with Gasteiger partial charge in [0, 0.05) is 4.90 Å². The number of nitrogen functional groups attached to an aromatic ring is 1. The molecule has 1 aromatic heterocycles. The van der Waals surface area contributed by atoms with Crippen molar-refractivity contribution in [2.24, 2.45) is 0 Å². The van der Waals surface area contributed by atoms with E-state index in [4.69, 9.17) is 38.4 Å². The second-order valence-corrected chi connectivity index (χ2v) is 5.93. The minimum atomic E-state index is 0.260. The highest BCUT2D eigenvalue weighted by atomic mass is 35.5. The summed E-state index contributed by atoms with van der Waals surface area (Å²) in [6.07, 6.45) is 0. The average molecular weight is 329 g/mol. The van der Waals surface area contributed by atoms with E-state index in [9.17, 15) is 0 Å². The van der Waals surface area contributed by atoms with Gasteiger partial charge in [-0.3, -0.25) is 0 Å². The topological polar surface area (TPSA) is 57.4 Å². The fourth-order valence-electron chi connectivity index (χ4n) is 1.73. The van der Waals surface area contributed by atoms with E-state index in [2.05, 4.69) is 4.98 Å². The highest BCUT2D eigenvalue weighted by Gasteiger charge is 2.14. The zero-order valence-electron chi connectivity index (χ0n) is 10.2. The van der Waals surface area contributed by atoms with E-state index in [1.165, 1.54) is 11.8 Å². The van der Waals surface area contributed by atoms with Crippen LogP contribution in [0.3, 0.4) is 0 Å². The van der Waals surface area contributed by atoms with Gasteiger partial charge in [0.05, 0.1) is 10.0 Å². The minimum absolute atomic E-state index is 0.260. The fraction of sp³-hybridized carbons (Fsp3) is 0.154.